The lowest BCUT2D eigenvalue weighted by Gasteiger charge is -2.26. The Balaban J connectivity index is 2.20. The van der Waals surface area contributed by atoms with Gasteiger partial charge in [-0.15, -0.1) is 0 Å². The molecule has 0 spiro atoms. The summed E-state index contributed by atoms with van der Waals surface area (Å²) < 4.78 is 1.12. The van der Waals surface area contributed by atoms with Gasteiger partial charge in [0.25, 0.3) is 0 Å². The van der Waals surface area contributed by atoms with Gasteiger partial charge in [0.1, 0.15) is 0 Å². The summed E-state index contributed by atoms with van der Waals surface area (Å²) in [5.74, 6) is 0. The van der Waals surface area contributed by atoms with Gasteiger partial charge in [-0.2, -0.15) is 0 Å². The Hall–Kier alpha value is -0.580. The van der Waals surface area contributed by atoms with E-state index >= 15 is 0 Å². The third kappa shape index (κ3) is 2.81. The van der Waals surface area contributed by atoms with Gasteiger partial charge in [0, 0.05) is 17.6 Å². The molecule has 17 heavy (non-hydrogen) atoms. The van der Waals surface area contributed by atoms with E-state index in [1.807, 2.05) is 7.05 Å². The Kier molecular flexibility index (Phi) is 4.42. The number of hydrogen-bond donors (Lipinski definition) is 2. The van der Waals surface area contributed by atoms with Gasteiger partial charge in [-0.1, -0.05) is 6.07 Å². The highest BCUT2D eigenvalue weighted by molar-refractivity contribution is 9.10. The van der Waals surface area contributed by atoms with Gasteiger partial charge in [0.2, 0.25) is 0 Å². The van der Waals surface area contributed by atoms with Crippen LogP contribution in [0, 0.1) is 0 Å². The third-order valence-corrected chi connectivity index (χ3v) is 3.93. The number of hydrogen-bond acceptors (Lipinski definition) is 3. The van der Waals surface area contributed by atoms with E-state index in [0.717, 1.165) is 30.4 Å². The molecule has 0 bridgehead atoms. The molecule has 1 atom stereocenters. The van der Waals surface area contributed by atoms with Crippen LogP contribution in [0.1, 0.15) is 18.4 Å². The van der Waals surface area contributed by atoms with Crippen LogP contribution in [0.25, 0.3) is 0 Å². The molecule has 94 valence electrons. The minimum Gasteiger partial charge on any atom is -0.394 e. The van der Waals surface area contributed by atoms with Crippen LogP contribution in [-0.4, -0.2) is 31.3 Å². The highest BCUT2D eigenvalue weighted by Gasteiger charge is 2.25. The Labute approximate surface area is 111 Å². The predicted octanol–water partition coefficient (Wildman–Crippen LogP) is 2.13. The van der Waals surface area contributed by atoms with Crippen LogP contribution >= 0.6 is 15.9 Å². The maximum Gasteiger partial charge on any atom is 0.0635 e. The van der Waals surface area contributed by atoms with Gasteiger partial charge in [-0.25, -0.2) is 0 Å². The summed E-state index contributed by atoms with van der Waals surface area (Å²) in [7, 11) is 1.95. The highest BCUT2D eigenvalue weighted by Crippen LogP contribution is 2.32. The van der Waals surface area contributed by atoms with Gasteiger partial charge < -0.3 is 15.3 Å². The molecule has 1 unspecified atom stereocenters. The first-order chi connectivity index (χ1) is 8.26. The zero-order valence-electron chi connectivity index (χ0n) is 10.1. The molecule has 0 aliphatic carbocycles. The molecule has 2 rings (SSSR count). The Morgan fingerprint density at radius 3 is 3.00 bits per heavy atom. The van der Waals surface area contributed by atoms with Crippen molar-refractivity contribution in [3.8, 4) is 0 Å². The van der Waals surface area contributed by atoms with E-state index in [-0.39, 0.29) is 12.6 Å². The van der Waals surface area contributed by atoms with Crippen LogP contribution < -0.4 is 10.2 Å². The minimum atomic E-state index is 0.241. The van der Waals surface area contributed by atoms with Crippen molar-refractivity contribution in [2.24, 2.45) is 0 Å². The number of nitrogens with zero attached hydrogens (tertiary/aromatic N) is 1. The summed E-state index contributed by atoms with van der Waals surface area (Å²) in [6.45, 7) is 2.15. The average molecular weight is 299 g/mol. The third-order valence-electron chi connectivity index (χ3n) is 3.29. The van der Waals surface area contributed by atoms with Gasteiger partial charge >= 0.3 is 0 Å². The molecule has 1 aliphatic rings. The lowest BCUT2D eigenvalue weighted by atomic mass is 10.1. The number of aliphatic hydroxyl groups is 1. The van der Waals surface area contributed by atoms with Crippen LogP contribution in [0.5, 0.6) is 0 Å². The maximum absolute atomic E-state index is 9.36. The molecular weight excluding hydrogens is 280 g/mol. The summed E-state index contributed by atoms with van der Waals surface area (Å²) in [6, 6.07) is 6.72. The molecule has 1 aromatic carbocycles. The second-order valence-electron chi connectivity index (χ2n) is 4.49. The monoisotopic (exact) mass is 298 g/mol. The normalized spacial score (nSPS) is 19.9. The molecule has 4 heteroatoms. The number of aliphatic hydroxyl groups excluding tert-OH is 1. The van der Waals surface area contributed by atoms with Crippen molar-refractivity contribution in [2.45, 2.75) is 25.4 Å². The standard InChI is InChI=1S/C13H19BrN2O/c1-15-8-10-4-5-13(12(14)7-10)16-6-2-3-11(16)9-17/h4-5,7,11,15,17H,2-3,6,8-9H2,1H3. The van der Waals surface area contributed by atoms with Crippen molar-refractivity contribution in [2.75, 3.05) is 25.1 Å². The van der Waals surface area contributed by atoms with Crippen LogP contribution in [0.4, 0.5) is 5.69 Å². The van der Waals surface area contributed by atoms with E-state index in [2.05, 4.69) is 44.3 Å². The fourth-order valence-electron chi connectivity index (χ4n) is 2.44. The molecule has 1 fully saturated rings. The lowest BCUT2D eigenvalue weighted by Crippen LogP contribution is -2.32. The quantitative estimate of drug-likeness (QED) is 0.894. The fourth-order valence-corrected chi connectivity index (χ4v) is 3.09. The molecule has 0 saturated carbocycles. The van der Waals surface area contributed by atoms with E-state index < -0.39 is 0 Å². The van der Waals surface area contributed by atoms with E-state index in [1.165, 1.54) is 11.3 Å². The fraction of sp³-hybridized carbons (Fsp3) is 0.538. The van der Waals surface area contributed by atoms with E-state index in [0.29, 0.717) is 0 Å². The number of benzene rings is 1. The topological polar surface area (TPSA) is 35.5 Å². The summed E-state index contributed by atoms with van der Waals surface area (Å²) in [5.41, 5.74) is 2.46. The van der Waals surface area contributed by atoms with Gasteiger partial charge in [0.15, 0.2) is 0 Å². The lowest BCUT2D eigenvalue weighted by molar-refractivity contribution is 0.266. The number of halogens is 1. The highest BCUT2D eigenvalue weighted by atomic mass is 79.9. The molecule has 1 saturated heterocycles. The summed E-state index contributed by atoms with van der Waals surface area (Å²) in [4.78, 5) is 2.30. The van der Waals surface area contributed by atoms with E-state index in [1.54, 1.807) is 0 Å². The summed E-state index contributed by atoms with van der Waals surface area (Å²) >= 11 is 3.63. The number of rotatable bonds is 4. The SMILES string of the molecule is CNCc1ccc(N2CCCC2CO)c(Br)c1. The largest absolute Gasteiger partial charge is 0.394 e. The number of anilines is 1. The molecule has 0 aromatic heterocycles. The van der Waals surface area contributed by atoms with Gasteiger partial charge in [-0.3, -0.25) is 0 Å². The first-order valence-electron chi connectivity index (χ1n) is 6.06. The molecule has 1 heterocycles. The van der Waals surface area contributed by atoms with Gasteiger partial charge in [-0.05, 0) is 53.5 Å². The van der Waals surface area contributed by atoms with Crippen molar-refractivity contribution in [3.63, 3.8) is 0 Å². The second kappa shape index (κ2) is 5.85. The molecule has 0 radical (unpaired) electrons. The first kappa shape index (κ1) is 12.9. The van der Waals surface area contributed by atoms with E-state index in [9.17, 15) is 5.11 Å². The molecular formula is C13H19BrN2O. The van der Waals surface area contributed by atoms with Crippen LogP contribution in [0.15, 0.2) is 22.7 Å². The van der Waals surface area contributed by atoms with E-state index in [4.69, 9.17) is 0 Å². The Morgan fingerprint density at radius 1 is 1.53 bits per heavy atom. The van der Waals surface area contributed by atoms with Crippen LogP contribution in [0.3, 0.4) is 0 Å². The van der Waals surface area contributed by atoms with Crippen molar-refractivity contribution < 1.29 is 5.11 Å². The average Bonchev–Trinajstić information content (AvgIpc) is 2.77. The molecule has 2 N–H and O–H groups in total. The van der Waals surface area contributed by atoms with Crippen molar-refractivity contribution in [1.29, 1.82) is 0 Å². The second-order valence-corrected chi connectivity index (χ2v) is 5.34. The molecule has 1 aliphatic heterocycles. The predicted molar refractivity (Wildman–Crippen MR) is 74.4 cm³/mol. The van der Waals surface area contributed by atoms with Crippen molar-refractivity contribution in [3.05, 3.63) is 28.2 Å². The molecule has 0 amide bonds. The Morgan fingerprint density at radius 2 is 2.35 bits per heavy atom. The minimum absolute atomic E-state index is 0.241. The molecule has 3 nitrogen and oxygen atoms in total. The Bertz CT molecular complexity index is 384. The molecule has 1 aromatic rings. The number of nitrogens with one attached hydrogen (secondary N) is 1. The zero-order valence-corrected chi connectivity index (χ0v) is 11.7. The maximum atomic E-state index is 9.36. The summed E-state index contributed by atoms with van der Waals surface area (Å²) in [6.07, 6.45) is 2.25. The smallest absolute Gasteiger partial charge is 0.0635 e. The van der Waals surface area contributed by atoms with Crippen LogP contribution in [0.2, 0.25) is 0 Å². The van der Waals surface area contributed by atoms with Crippen molar-refractivity contribution in [1.82, 2.24) is 5.32 Å². The van der Waals surface area contributed by atoms with Crippen molar-refractivity contribution >= 4 is 21.6 Å². The van der Waals surface area contributed by atoms with Gasteiger partial charge in [0.05, 0.1) is 18.3 Å². The van der Waals surface area contributed by atoms with Crippen LogP contribution in [-0.2, 0) is 6.54 Å². The zero-order chi connectivity index (χ0) is 12.3. The summed E-state index contributed by atoms with van der Waals surface area (Å²) in [5, 5.41) is 12.5. The first-order valence-corrected chi connectivity index (χ1v) is 6.86.